The number of H-pyrrole nitrogens is 1. The second-order valence-corrected chi connectivity index (χ2v) is 10.8. The van der Waals surface area contributed by atoms with E-state index in [-0.39, 0.29) is 31.0 Å². The molecule has 0 radical (unpaired) electrons. The maximum atomic E-state index is 13.7. The van der Waals surface area contributed by atoms with Crippen LogP contribution in [0.5, 0.6) is 0 Å². The highest BCUT2D eigenvalue weighted by atomic mass is 19.1. The van der Waals surface area contributed by atoms with Crippen molar-refractivity contribution in [2.75, 3.05) is 31.7 Å². The van der Waals surface area contributed by atoms with Crippen molar-refractivity contribution in [3.63, 3.8) is 0 Å². The fraction of sp³-hybridized carbons (Fsp3) is 0.355. The molecule has 2 fully saturated rings. The highest BCUT2D eigenvalue weighted by Gasteiger charge is 2.41. The molecule has 0 aliphatic carbocycles. The molecule has 2 saturated heterocycles. The number of halogens is 1. The first kappa shape index (κ1) is 28.0. The van der Waals surface area contributed by atoms with E-state index in [1.54, 1.807) is 24.4 Å². The van der Waals surface area contributed by atoms with Gasteiger partial charge >= 0.3 is 0 Å². The standard InChI is InChI=1S/C31H33FN6O4/c1-31(29(39)34-17-23-8-5-15-40-23)18-41-28(42-19-31)27-37-25(21-9-11-22(32)12-10-21)26(38-27)24-13-14-33-30(36-24)35-16-20-6-3-2-4-7-20/h2-4,6-7,9-14,23,28H,5,8,15-19H2,1H3,(H,34,39)(H,37,38)(H,33,35,36). The Balaban J connectivity index is 1.20. The van der Waals surface area contributed by atoms with E-state index in [9.17, 15) is 9.18 Å². The number of imidazole rings is 1. The largest absolute Gasteiger partial charge is 0.376 e. The summed E-state index contributed by atoms with van der Waals surface area (Å²) in [7, 11) is 0. The molecule has 1 amide bonds. The molecule has 1 unspecified atom stereocenters. The average Bonchev–Trinajstić information content (AvgIpc) is 3.71. The zero-order valence-electron chi connectivity index (χ0n) is 23.3. The van der Waals surface area contributed by atoms with Gasteiger partial charge in [-0.1, -0.05) is 30.3 Å². The molecular weight excluding hydrogens is 539 g/mol. The van der Waals surface area contributed by atoms with Gasteiger partial charge in [-0.2, -0.15) is 0 Å². The van der Waals surface area contributed by atoms with Gasteiger partial charge in [-0.05, 0) is 55.7 Å². The summed E-state index contributed by atoms with van der Waals surface area (Å²) in [6.07, 6.45) is 2.85. The Morgan fingerprint density at radius 1 is 1.05 bits per heavy atom. The number of benzene rings is 2. The number of nitrogens with one attached hydrogen (secondary N) is 3. The van der Waals surface area contributed by atoms with Gasteiger partial charge in [-0.15, -0.1) is 0 Å². The predicted octanol–water partition coefficient (Wildman–Crippen LogP) is 4.63. The number of aromatic nitrogens is 4. The number of anilines is 1. The lowest BCUT2D eigenvalue weighted by molar-refractivity contribution is -0.231. The molecule has 2 aliphatic heterocycles. The molecule has 2 aromatic carbocycles. The smallest absolute Gasteiger partial charge is 0.230 e. The van der Waals surface area contributed by atoms with Gasteiger partial charge in [0.05, 0.1) is 41.8 Å². The van der Waals surface area contributed by atoms with Crippen molar-refractivity contribution in [2.24, 2.45) is 5.41 Å². The van der Waals surface area contributed by atoms with E-state index < -0.39 is 11.7 Å². The third kappa shape index (κ3) is 6.33. The van der Waals surface area contributed by atoms with Crippen LogP contribution >= 0.6 is 0 Å². The summed E-state index contributed by atoms with van der Waals surface area (Å²) in [5.74, 6) is 0.387. The van der Waals surface area contributed by atoms with E-state index in [1.807, 2.05) is 37.3 Å². The van der Waals surface area contributed by atoms with Crippen LogP contribution in [0.1, 0.15) is 37.4 Å². The van der Waals surface area contributed by atoms with Gasteiger partial charge in [0.15, 0.2) is 5.82 Å². The molecule has 0 spiro atoms. The van der Waals surface area contributed by atoms with Crippen molar-refractivity contribution in [1.29, 1.82) is 0 Å². The van der Waals surface area contributed by atoms with Crippen LogP contribution in [-0.4, -0.2) is 58.3 Å². The fourth-order valence-corrected chi connectivity index (χ4v) is 4.99. The molecule has 4 heterocycles. The zero-order valence-corrected chi connectivity index (χ0v) is 23.3. The number of carbonyl (C=O) groups is 1. The highest BCUT2D eigenvalue weighted by Crippen LogP contribution is 2.35. The van der Waals surface area contributed by atoms with Crippen molar-refractivity contribution in [1.82, 2.24) is 25.3 Å². The van der Waals surface area contributed by atoms with Crippen LogP contribution in [0.3, 0.4) is 0 Å². The van der Waals surface area contributed by atoms with Gasteiger partial charge < -0.3 is 29.8 Å². The molecule has 0 bridgehead atoms. The molecule has 11 heteroatoms. The van der Waals surface area contributed by atoms with Crippen molar-refractivity contribution in [2.45, 2.75) is 38.7 Å². The van der Waals surface area contributed by atoms with E-state index in [0.29, 0.717) is 47.5 Å². The van der Waals surface area contributed by atoms with E-state index in [1.165, 1.54) is 12.1 Å². The lowest BCUT2D eigenvalue weighted by atomic mass is 9.91. The summed E-state index contributed by atoms with van der Waals surface area (Å²) in [6, 6.07) is 17.8. The van der Waals surface area contributed by atoms with Gasteiger partial charge in [0.2, 0.25) is 18.1 Å². The van der Waals surface area contributed by atoms with Gasteiger partial charge in [0.1, 0.15) is 5.82 Å². The Hall–Kier alpha value is -4.19. The summed E-state index contributed by atoms with van der Waals surface area (Å²) in [4.78, 5) is 30.1. The molecule has 42 heavy (non-hydrogen) atoms. The summed E-state index contributed by atoms with van der Waals surface area (Å²) < 4.78 is 31.4. The summed E-state index contributed by atoms with van der Waals surface area (Å²) in [6.45, 7) is 3.89. The maximum absolute atomic E-state index is 13.7. The number of carbonyl (C=O) groups excluding carboxylic acids is 1. The van der Waals surface area contributed by atoms with Crippen LogP contribution in [0.25, 0.3) is 22.6 Å². The van der Waals surface area contributed by atoms with E-state index in [4.69, 9.17) is 24.2 Å². The normalized spacial score (nSPS) is 22.1. The Morgan fingerprint density at radius 2 is 1.83 bits per heavy atom. The lowest BCUT2D eigenvalue weighted by Gasteiger charge is -2.35. The summed E-state index contributed by atoms with van der Waals surface area (Å²) in [5, 5.41) is 6.23. The van der Waals surface area contributed by atoms with Gasteiger partial charge in [0.25, 0.3) is 0 Å². The molecule has 4 aromatic rings. The van der Waals surface area contributed by atoms with Crippen LogP contribution in [0.4, 0.5) is 10.3 Å². The van der Waals surface area contributed by atoms with Crippen molar-refractivity contribution in [3.05, 3.63) is 84.1 Å². The van der Waals surface area contributed by atoms with Crippen LogP contribution in [0.15, 0.2) is 66.9 Å². The molecule has 2 aromatic heterocycles. The first-order chi connectivity index (χ1) is 20.5. The lowest BCUT2D eigenvalue weighted by Crippen LogP contribution is -2.49. The third-order valence-electron chi connectivity index (χ3n) is 7.44. The predicted molar refractivity (Wildman–Crippen MR) is 154 cm³/mol. The van der Waals surface area contributed by atoms with E-state index in [0.717, 1.165) is 25.0 Å². The van der Waals surface area contributed by atoms with Gasteiger partial charge in [-0.3, -0.25) is 4.79 Å². The Morgan fingerprint density at radius 3 is 2.57 bits per heavy atom. The molecule has 0 saturated carbocycles. The number of rotatable bonds is 9. The number of aromatic amines is 1. The highest BCUT2D eigenvalue weighted by molar-refractivity contribution is 5.82. The molecule has 2 aliphatic rings. The number of hydrogen-bond donors (Lipinski definition) is 3. The second-order valence-electron chi connectivity index (χ2n) is 10.8. The Kier molecular flexibility index (Phi) is 8.22. The monoisotopic (exact) mass is 572 g/mol. The van der Waals surface area contributed by atoms with Gasteiger partial charge in [0, 0.05) is 31.5 Å². The minimum absolute atomic E-state index is 0.0537. The molecule has 6 rings (SSSR count). The maximum Gasteiger partial charge on any atom is 0.230 e. The first-order valence-electron chi connectivity index (χ1n) is 14.1. The number of ether oxygens (including phenoxy) is 3. The molecule has 10 nitrogen and oxygen atoms in total. The zero-order chi connectivity index (χ0) is 28.9. The summed E-state index contributed by atoms with van der Waals surface area (Å²) in [5.41, 5.74) is 2.70. The molecule has 3 N–H and O–H groups in total. The van der Waals surface area contributed by atoms with Crippen LogP contribution in [-0.2, 0) is 25.5 Å². The quantitative estimate of drug-likeness (QED) is 0.265. The SMILES string of the molecule is CC1(C(=O)NCC2CCCO2)COC(c2nc(-c3ccc(F)cc3)c(-c3ccnc(NCc4ccccc4)n3)[nH]2)OC1. The molecule has 1 atom stereocenters. The first-order valence-corrected chi connectivity index (χ1v) is 14.1. The molecular formula is C31H33FN6O4. The van der Waals surface area contributed by atoms with Gasteiger partial charge in [-0.25, -0.2) is 19.3 Å². The van der Waals surface area contributed by atoms with Crippen molar-refractivity contribution in [3.8, 4) is 22.6 Å². The minimum atomic E-state index is -0.851. The van der Waals surface area contributed by atoms with Crippen molar-refractivity contribution < 1.29 is 23.4 Å². The van der Waals surface area contributed by atoms with E-state index >= 15 is 0 Å². The topological polar surface area (TPSA) is 123 Å². The summed E-state index contributed by atoms with van der Waals surface area (Å²) >= 11 is 0. The average molecular weight is 573 g/mol. The molecule has 218 valence electrons. The number of nitrogens with zero attached hydrogens (tertiary/aromatic N) is 3. The van der Waals surface area contributed by atoms with Crippen LogP contribution in [0.2, 0.25) is 0 Å². The Bertz CT molecular complexity index is 1500. The van der Waals surface area contributed by atoms with Crippen molar-refractivity contribution >= 4 is 11.9 Å². The number of hydrogen-bond acceptors (Lipinski definition) is 8. The Labute approximate surface area is 243 Å². The van der Waals surface area contributed by atoms with Crippen LogP contribution in [0, 0.1) is 11.2 Å². The fourth-order valence-electron chi connectivity index (χ4n) is 4.99. The van der Waals surface area contributed by atoms with Crippen LogP contribution < -0.4 is 10.6 Å². The minimum Gasteiger partial charge on any atom is -0.376 e. The number of amides is 1. The second kappa shape index (κ2) is 12.4. The third-order valence-corrected chi connectivity index (χ3v) is 7.44. The van der Waals surface area contributed by atoms with E-state index in [2.05, 4.69) is 20.6 Å².